The third-order valence-corrected chi connectivity index (χ3v) is 7.76. The van der Waals surface area contributed by atoms with Crippen LogP contribution in [-0.4, -0.2) is 52.6 Å². The third kappa shape index (κ3) is 7.07. The number of fused-ring (bicyclic) bond motifs is 1. The minimum atomic E-state index is -0.303. The number of hydrogen-bond acceptors (Lipinski definition) is 7. The highest BCUT2D eigenvalue weighted by molar-refractivity contribution is 6.02. The summed E-state index contributed by atoms with van der Waals surface area (Å²) in [6, 6.07) is 13.0. The predicted octanol–water partition coefficient (Wildman–Crippen LogP) is 5.44. The average Bonchev–Trinajstić information content (AvgIpc) is 3.42. The molecule has 2 amide bonds. The molecule has 1 aromatic carbocycles. The van der Waals surface area contributed by atoms with Crippen molar-refractivity contribution in [2.45, 2.75) is 70.8 Å². The number of nitrogens with zero attached hydrogens (tertiary/aromatic N) is 3. The van der Waals surface area contributed by atoms with Crippen molar-refractivity contribution < 1.29 is 18.8 Å². The fourth-order valence-electron chi connectivity index (χ4n) is 5.54. The normalized spacial score (nSPS) is 19.5. The number of anilines is 2. The van der Waals surface area contributed by atoms with Crippen molar-refractivity contribution in [2.24, 2.45) is 5.92 Å². The summed E-state index contributed by atoms with van der Waals surface area (Å²) in [5.74, 6) is 1.84. The van der Waals surface area contributed by atoms with E-state index < -0.39 is 0 Å². The number of aromatic nitrogens is 2. The summed E-state index contributed by atoms with van der Waals surface area (Å²) in [7, 11) is 0. The van der Waals surface area contributed by atoms with Gasteiger partial charge in [0.2, 0.25) is 5.91 Å². The molecule has 212 valence electrons. The zero-order valence-corrected chi connectivity index (χ0v) is 23.6. The SMILES string of the molecule is CC(C)(C)c1cc(NC(=O)Cc2ccc(NC(=O)c3ccc(OC[C@H]4CCCN5CCCC[C@@H]45)cn3)cc2)no1. The van der Waals surface area contributed by atoms with E-state index in [1.807, 2.05) is 39.0 Å². The number of carbonyl (C=O) groups is 2. The van der Waals surface area contributed by atoms with Gasteiger partial charge in [0.25, 0.3) is 5.91 Å². The first-order valence-corrected chi connectivity index (χ1v) is 14.2. The second kappa shape index (κ2) is 12.2. The Morgan fingerprint density at radius 2 is 1.82 bits per heavy atom. The van der Waals surface area contributed by atoms with Crippen LogP contribution in [-0.2, 0) is 16.6 Å². The van der Waals surface area contributed by atoms with Crippen molar-refractivity contribution in [1.29, 1.82) is 0 Å². The molecule has 0 aliphatic carbocycles. The van der Waals surface area contributed by atoms with Gasteiger partial charge in [-0.05, 0) is 68.6 Å². The molecule has 2 aliphatic rings. The van der Waals surface area contributed by atoms with E-state index in [1.54, 1.807) is 30.5 Å². The highest BCUT2D eigenvalue weighted by Crippen LogP contribution is 2.31. The number of amides is 2. The van der Waals surface area contributed by atoms with Crippen molar-refractivity contribution >= 4 is 23.3 Å². The van der Waals surface area contributed by atoms with Crippen molar-refractivity contribution in [1.82, 2.24) is 15.0 Å². The van der Waals surface area contributed by atoms with Gasteiger partial charge in [-0.15, -0.1) is 0 Å². The maximum atomic E-state index is 12.7. The monoisotopic (exact) mass is 545 g/mol. The molecule has 3 aromatic rings. The number of hydrogen-bond donors (Lipinski definition) is 2. The fourth-order valence-corrected chi connectivity index (χ4v) is 5.54. The topological polar surface area (TPSA) is 110 Å². The number of benzene rings is 1. The third-order valence-electron chi connectivity index (χ3n) is 7.76. The quantitative estimate of drug-likeness (QED) is 0.388. The van der Waals surface area contributed by atoms with Gasteiger partial charge < -0.3 is 19.9 Å². The summed E-state index contributed by atoms with van der Waals surface area (Å²) < 4.78 is 11.4. The lowest BCUT2D eigenvalue weighted by molar-refractivity contribution is -0.115. The molecule has 2 aromatic heterocycles. The lowest BCUT2D eigenvalue weighted by atomic mass is 9.84. The first kappa shape index (κ1) is 27.8. The molecule has 2 fully saturated rings. The van der Waals surface area contributed by atoms with E-state index in [2.05, 4.69) is 25.7 Å². The maximum Gasteiger partial charge on any atom is 0.274 e. The predicted molar refractivity (Wildman–Crippen MR) is 154 cm³/mol. The van der Waals surface area contributed by atoms with E-state index in [-0.39, 0.29) is 23.7 Å². The maximum absolute atomic E-state index is 12.7. The molecule has 2 aliphatic heterocycles. The Morgan fingerprint density at radius 1 is 1.02 bits per heavy atom. The summed E-state index contributed by atoms with van der Waals surface area (Å²) in [5.41, 5.74) is 1.56. The van der Waals surface area contributed by atoms with E-state index in [1.165, 1.54) is 45.2 Å². The minimum Gasteiger partial charge on any atom is -0.492 e. The molecule has 9 heteroatoms. The zero-order valence-electron chi connectivity index (χ0n) is 23.6. The number of pyridine rings is 1. The van der Waals surface area contributed by atoms with E-state index >= 15 is 0 Å². The average molecular weight is 546 g/mol. The summed E-state index contributed by atoms with van der Waals surface area (Å²) in [6.07, 6.45) is 8.12. The largest absolute Gasteiger partial charge is 0.492 e. The van der Waals surface area contributed by atoms with Crippen LogP contribution in [0.4, 0.5) is 11.5 Å². The molecule has 0 unspecified atom stereocenters. The van der Waals surface area contributed by atoms with Gasteiger partial charge in [0, 0.05) is 29.1 Å². The van der Waals surface area contributed by atoms with Gasteiger partial charge in [0.05, 0.1) is 19.2 Å². The van der Waals surface area contributed by atoms with Gasteiger partial charge in [0.15, 0.2) is 5.82 Å². The first-order chi connectivity index (χ1) is 19.2. The Morgan fingerprint density at radius 3 is 2.55 bits per heavy atom. The van der Waals surface area contributed by atoms with Gasteiger partial charge in [-0.3, -0.25) is 14.5 Å². The van der Waals surface area contributed by atoms with E-state index in [0.717, 1.165) is 5.56 Å². The Labute approximate surface area is 235 Å². The van der Waals surface area contributed by atoms with Crippen molar-refractivity contribution in [2.75, 3.05) is 30.3 Å². The fraction of sp³-hybridized carbons (Fsp3) is 0.484. The number of rotatable bonds is 8. The van der Waals surface area contributed by atoms with Crippen LogP contribution in [0.2, 0.25) is 0 Å². The summed E-state index contributed by atoms with van der Waals surface area (Å²) >= 11 is 0. The molecule has 0 spiro atoms. The molecular formula is C31H39N5O4. The van der Waals surface area contributed by atoms with Crippen LogP contribution >= 0.6 is 0 Å². The van der Waals surface area contributed by atoms with E-state index in [9.17, 15) is 9.59 Å². The highest BCUT2D eigenvalue weighted by atomic mass is 16.5. The highest BCUT2D eigenvalue weighted by Gasteiger charge is 2.33. The van der Waals surface area contributed by atoms with Crippen LogP contribution in [0.3, 0.4) is 0 Å². The number of ether oxygens (including phenoxy) is 1. The smallest absolute Gasteiger partial charge is 0.274 e. The Kier molecular flexibility index (Phi) is 8.49. The van der Waals surface area contributed by atoms with Gasteiger partial charge in [0.1, 0.15) is 17.2 Å². The van der Waals surface area contributed by atoms with Crippen LogP contribution in [0.1, 0.15) is 74.7 Å². The van der Waals surface area contributed by atoms with Gasteiger partial charge >= 0.3 is 0 Å². The van der Waals surface area contributed by atoms with Gasteiger partial charge in [-0.1, -0.05) is 44.5 Å². The number of carbonyl (C=O) groups excluding carboxylic acids is 2. The summed E-state index contributed by atoms with van der Waals surface area (Å²) in [4.78, 5) is 32.1. The van der Waals surface area contributed by atoms with Crippen LogP contribution in [0.5, 0.6) is 5.75 Å². The van der Waals surface area contributed by atoms with E-state index in [4.69, 9.17) is 9.26 Å². The zero-order chi connectivity index (χ0) is 28.1. The molecule has 0 bridgehead atoms. The Hall–Kier alpha value is -3.72. The molecule has 0 radical (unpaired) electrons. The summed E-state index contributed by atoms with van der Waals surface area (Å²) in [6.45, 7) is 9.16. The van der Waals surface area contributed by atoms with Crippen molar-refractivity contribution in [3.05, 3.63) is 65.7 Å². The molecule has 2 saturated heterocycles. The van der Waals surface area contributed by atoms with Crippen LogP contribution in [0, 0.1) is 5.92 Å². The number of nitrogens with one attached hydrogen (secondary N) is 2. The molecule has 4 heterocycles. The van der Waals surface area contributed by atoms with Crippen LogP contribution in [0.25, 0.3) is 0 Å². The Balaban J connectivity index is 1.08. The van der Waals surface area contributed by atoms with Crippen molar-refractivity contribution in [3.63, 3.8) is 0 Å². The summed E-state index contributed by atoms with van der Waals surface area (Å²) in [5, 5.41) is 9.54. The first-order valence-electron chi connectivity index (χ1n) is 14.2. The standard InChI is InChI=1S/C31H39N5O4/c1-31(2,3)27-18-28(35-40-27)34-29(37)17-21-9-11-23(12-10-21)33-30(38)25-14-13-24(19-32-25)39-20-22-7-6-16-36-15-5-4-8-26(22)36/h9-14,18-19,22,26H,4-8,15-17,20H2,1-3H3,(H,33,38)(H,34,35,37)/t22-,26+/m1/s1. The molecule has 9 nitrogen and oxygen atoms in total. The number of piperidine rings is 2. The lowest BCUT2D eigenvalue weighted by Crippen LogP contribution is -2.49. The second-order valence-electron chi connectivity index (χ2n) is 11.9. The molecule has 5 rings (SSSR count). The molecule has 2 N–H and O–H groups in total. The van der Waals surface area contributed by atoms with Gasteiger partial charge in [-0.2, -0.15) is 0 Å². The minimum absolute atomic E-state index is 0.175. The van der Waals surface area contributed by atoms with Crippen LogP contribution < -0.4 is 15.4 Å². The molecule has 0 saturated carbocycles. The molecule has 40 heavy (non-hydrogen) atoms. The molecule has 2 atom stereocenters. The second-order valence-corrected chi connectivity index (χ2v) is 11.9. The lowest BCUT2D eigenvalue weighted by Gasteiger charge is -2.44. The van der Waals surface area contributed by atoms with Crippen molar-refractivity contribution in [3.8, 4) is 5.75 Å². The van der Waals surface area contributed by atoms with Crippen LogP contribution in [0.15, 0.2) is 53.2 Å². The van der Waals surface area contributed by atoms with E-state index in [0.29, 0.717) is 47.3 Å². The molecular weight excluding hydrogens is 506 g/mol. The van der Waals surface area contributed by atoms with Gasteiger partial charge in [-0.25, -0.2) is 4.98 Å². The Bertz CT molecular complexity index is 1290.